The Kier molecular flexibility index (Phi) is 3.72. The molecule has 0 radical (unpaired) electrons. The van der Waals surface area contributed by atoms with Gasteiger partial charge in [-0.25, -0.2) is 14.2 Å². The molecule has 5 nitrogen and oxygen atoms in total. The van der Waals surface area contributed by atoms with Crippen molar-refractivity contribution in [3.05, 3.63) is 48.3 Å². The smallest absolute Gasteiger partial charge is 0.414 e. The first-order chi connectivity index (χ1) is 10.6. The molecule has 2 heterocycles. The molecule has 1 atom stereocenters. The lowest BCUT2D eigenvalue weighted by Crippen LogP contribution is -2.27. The van der Waals surface area contributed by atoms with E-state index in [0.29, 0.717) is 11.3 Å². The number of nitrogens with zero attached hydrogens (tertiary/aromatic N) is 2. The third-order valence-corrected chi connectivity index (χ3v) is 3.44. The summed E-state index contributed by atoms with van der Waals surface area (Å²) in [7, 11) is 0. The van der Waals surface area contributed by atoms with Crippen molar-refractivity contribution >= 4 is 11.8 Å². The van der Waals surface area contributed by atoms with Crippen molar-refractivity contribution < 1.29 is 18.3 Å². The third kappa shape index (κ3) is 2.62. The van der Waals surface area contributed by atoms with Crippen LogP contribution in [0.15, 0.2) is 36.5 Å². The van der Waals surface area contributed by atoms with Crippen molar-refractivity contribution in [1.82, 2.24) is 4.98 Å². The second kappa shape index (κ2) is 5.69. The molecule has 0 saturated carbocycles. The fourth-order valence-electron chi connectivity index (χ4n) is 2.30. The molecule has 1 saturated heterocycles. The van der Waals surface area contributed by atoms with E-state index in [4.69, 9.17) is 10.5 Å². The van der Waals surface area contributed by atoms with Gasteiger partial charge in [0, 0.05) is 23.9 Å². The second-order valence-corrected chi connectivity index (χ2v) is 4.89. The van der Waals surface area contributed by atoms with Gasteiger partial charge in [0.15, 0.2) is 0 Å². The average molecular weight is 305 g/mol. The molecule has 2 aromatic rings. The molecule has 1 amide bonds. The molecule has 0 spiro atoms. The van der Waals surface area contributed by atoms with Crippen molar-refractivity contribution in [3.63, 3.8) is 0 Å². The fourth-order valence-corrected chi connectivity index (χ4v) is 2.30. The Bertz CT molecular complexity index is 706. The van der Waals surface area contributed by atoms with E-state index in [0.717, 1.165) is 6.07 Å². The highest BCUT2D eigenvalue weighted by molar-refractivity contribution is 5.90. The lowest BCUT2D eigenvalue weighted by molar-refractivity contribution is 0.145. The van der Waals surface area contributed by atoms with Crippen molar-refractivity contribution in [2.45, 2.75) is 6.10 Å². The van der Waals surface area contributed by atoms with Gasteiger partial charge in [0.25, 0.3) is 0 Å². The van der Waals surface area contributed by atoms with Gasteiger partial charge in [-0.05, 0) is 30.3 Å². The largest absolute Gasteiger partial charge is 0.443 e. The topological polar surface area (TPSA) is 68.5 Å². The minimum absolute atomic E-state index is 0.212. The summed E-state index contributed by atoms with van der Waals surface area (Å²) in [5.41, 5.74) is 6.58. The lowest BCUT2D eigenvalue weighted by Gasteiger charge is -2.14. The predicted octanol–water partition coefficient (Wildman–Crippen LogP) is 2.31. The predicted molar refractivity (Wildman–Crippen MR) is 76.3 cm³/mol. The summed E-state index contributed by atoms with van der Waals surface area (Å²) in [5.74, 6) is -1.16. The van der Waals surface area contributed by atoms with Crippen LogP contribution in [0.3, 0.4) is 0 Å². The molecule has 1 aromatic heterocycles. The average Bonchev–Trinajstić information content (AvgIpc) is 2.89. The Morgan fingerprint density at radius 2 is 2.14 bits per heavy atom. The minimum Gasteiger partial charge on any atom is -0.443 e. The molecule has 1 fully saturated rings. The fraction of sp³-hybridized carbons (Fsp3) is 0.200. The second-order valence-electron chi connectivity index (χ2n) is 4.89. The number of hydrogen-bond acceptors (Lipinski definition) is 4. The van der Waals surface area contributed by atoms with Crippen LogP contribution in [0.4, 0.5) is 19.3 Å². The van der Waals surface area contributed by atoms with E-state index in [2.05, 4.69) is 4.98 Å². The van der Waals surface area contributed by atoms with Crippen LogP contribution < -0.4 is 10.6 Å². The SMILES string of the molecule is NCC1CN(c2ccc(-c3ccc(F)nc3)c(F)c2)C(=O)O1. The molecular weight excluding hydrogens is 292 g/mol. The van der Waals surface area contributed by atoms with Gasteiger partial charge >= 0.3 is 6.09 Å². The molecule has 7 heteroatoms. The Morgan fingerprint density at radius 1 is 1.32 bits per heavy atom. The number of cyclic esters (lactones) is 1. The molecule has 1 unspecified atom stereocenters. The van der Waals surface area contributed by atoms with Gasteiger partial charge in [-0.3, -0.25) is 4.90 Å². The quantitative estimate of drug-likeness (QED) is 0.884. The van der Waals surface area contributed by atoms with Gasteiger partial charge in [-0.2, -0.15) is 4.39 Å². The molecule has 0 bridgehead atoms. The van der Waals surface area contributed by atoms with E-state index < -0.39 is 24.0 Å². The summed E-state index contributed by atoms with van der Waals surface area (Å²) in [6.07, 6.45) is 0.310. The van der Waals surface area contributed by atoms with E-state index in [1.807, 2.05) is 0 Å². The van der Waals surface area contributed by atoms with E-state index >= 15 is 0 Å². The summed E-state index contributed by atoms with van der Waals surface area (Å²) in [4.78, 5) is 16.5. The van der Waals surface area contributed by atoms with Crippen molar-refractivity contribution in [3.8, 4) is 11.1 Å². The summed E-state index contributed by atoms with van der Waals surface area (Å²) in [5, 5.41) is 0. The molecule has 1 aliphatic heterocycles. The summed E-state index contributed by atoms with van der Waals surface area (Å²) in [6, 6.07) is 6.95. The summed E-state index contributed by atoms with van der Waals surface area (Å²) < 4.78 is 32.1. The van der Waals surface area contributed by atoms with E-state index in [9.17, 15) is 13.6 Å². The molecule has 1 aromatic carbocycles. The third-order valence-electron chi connectivity index (χ3n) is 3.44. The number of pyridine rings is 1. The van der Waals surface area contributed by atoms with Gasteiger partial charge in [0.2, 0.25) is 5.95 Å². The number of amides is 1. The molecule has 114 valence electrons. The Hall–Kier alpha value is -2.54. The lowest BCUT2D eigenvalue weighted by atomic mass is 10.1. The molecular formula is C15H13F2N3O2. The number of anilines is 1. The number of aromatic nitrogens is 1. The van der Waals surface area contributed by atoms with Crippen molar-refractivity contribution in [2.24, 2.45) is 5.73 Å². The number of nitrogens with two attached hydrogens (primary N) is 1. The normalized spacial score (nSPS) is 17.7. The van der Waals surface area contributed by atoms with Crippen molar-refractivity contribution in [2.75, 3.05) is 18.0 Å². The molecule has 3 rings (SSSR count). The van der Waals surface area contributed by atoms with Crippen LogP contribution in [-0.4, -0.2) is 30.3 Å². The maximum Gasteiger partial charge on any atom is 0.414 e. The van der Waals surface area contributed by atoms with Crippen LogP contribution in [-0.2, 0) is 4.74 Å². The molecule has 1 aliphatic rings. The zero-order valence-electron chi connectivity index (χ0n) is 11.5. The zero-order chi connectivity index (χ0) is 15.7. The molecule has 22 heavy (non-hydrogen) atoms. The maximum absolute atomic E-state index is 14.3. The van der Waals surface area contributed by atoms with Crippen LogP contribution in [0.2, 0.25) is 0 Å². The van der Waals surface area contributed by atoms with Crippen LogP contribution >= 0.6 is 0 Å². The van der Waals surface area contributed by atoms with Crippen LogP contribution in [0.5, 0.6) is 0 Å². The molecule has 2 N–H and O–H groups in total. The first-order valence-corrected chi connectivity index (χ1v) is 6.68. The van der Waals surface area contributed by atoms with Crippen LogP contribution in [0, 0.1) is 11.8 Å². The summed E-state index contributed by atoms with van der Waals surface area (Å²) >= 11 is 0. The Balaban J connectivity index is 1.89. The number of benzene rings is 1. The standard InChI is InChI=1S/C15H13F2N3O2/c16-13-5-10(20-8-11(6-18)22-15(20)21)2-3-12(13)9-1-4-14(17)19-7-9/h1-5,7,11H,6,8,18H2. The van der Waals surface area contributed by atoms with Crippen molar-refractivity contribution in [1.29, 1.82) is 0 Å². The van der Waals surface area contributed by atoms with Gasteiger partial charge in [-0.1, -0.05) is 0 Å². The van der Waals surface area contributed by atoms with Crippen LogP contribution in [0.25, 0.3) is 11.1 Å². The highest BCUT2D eigenvalue weighted by Gasteiger charge is 2.31. The number of rotatable bonds is 3. The zero-order valence-corrected chi connectivity index (χ0v) is 11.5. The van der Waals surface area contributed by atoms with Gasteiger partial charge in [0.05, 0.1) is 12.2 Å². The van der Waals surface area contributed by atoms with E-state index in [-0.39, 0.29) is 18.7 Å². The monoisotopic (exact) mass is 305 g/mol. The first-order valence-electron chi connectivity index (χ1n) is 6.68. The number of ether oxygens (including phenoxy) is 1. The van der Waals surface area contributed by atoms with Crippen LogP contribution in [0.1, 0.15) is 0 Å². The first kappa shape index (κ1) is 14.4. The van der Waals surface area contributed by atoms with E-state index in [1.54, 1.807) is 6.07 Å². The Labute approximate surface area is 125 Å². The van der Waals surface area contributed by atoms with Gasteiger partial charge in [0.1, 0.15) is 11.9 Å². The number of hydrogen-bond donors (Lipinski definition) is 1. The Morgan fingerprint density at radius 3 is 2.73 bits per heavy atom. The van der Waals surface area contributed by atoms with E-state index in [1.165, 1.54) is 29.3 Å². The number of carbonyl (C=O) groups is 1. The highest BCUT2D eigenvalue weighted by Crippen LogP contribution is 2.28. The highest BCUT2D eigenvalue weighted by atomic mass is 19.1. The minimum atomic E-state index is -0.631. The van der Waals surface area contributed by atoms with Gasteiger partial charge in [-0.15, -0.1) is 0 Å². The summed E-state index contributed by atoms with van der Waals surface area (Å²) in [6.45, 7) is 0.496. The number of carbonyl (C=O) groups excluding carboxylic acids is 1. The molecule has 0 aliphatic carbocycles. The number of halogens is 2. The van der Waals surface area contributed by atoms with Gasteiger partial charge < -0.3 is 10.5 Å². The maximum atomic E-state index is 14.3.